The summed E-state index contributed by atoms with van der Waals surface area (Å²) in [4.78, 5) is 0. The normalized spacial score (nSPS) is 15.9. The fourth-order valence-electron chi connectivity index (χ4n) is 1.99. The van der Waals surface area contributed by atoms with Crippen LogP contribution in [0.2, 0.25) is 0 Å². The van der Waals surface area contributed by atoms with E-state index < -0.39 is 0 Å². The summed E-state index contributed by atoms with van der Waals surface area (Å²) in [6.45, 7) is 3.43. The summed E-state index contributed by atoms with van der Waals surface area (Å²) in [5.41, 5.74) is 7.25. The van der Waals surface area contributed by atoms with Crippen molar-refractivity contribution < 1.29 is 9.47 Å². The number of rotatable bonds is 4. The van der Waals surface area contributed by atoms with E-state index in [9.17, 15) is 0 Å². The molecular formula is C13H19NO2. The van der Waals surface area contributed by atoms with E-state index in [1.165, 1.54) is 5.56 Å². The highest BCUT2D eigenvalue weighted by Gasteiger charge is 2.12. The molecule has 0 bridgehead atoms. The SMILES string of the molecule is CCCC(N)Cc1ccc2c(c1)OCCO2. The van der Waals surface area contributed by atoms with Gasteiger partial charge in [-0.25, -0.2) is 0 Å². The van der Waals surface area contributed by atoms with Crippen molar-refractivity contribution in [1.82, 2.24) is 0 Å². The number of ether oxygens (including phenoxy) is 2. The molecule has 3 heteroatoms. The topological polar surface area (TPSA) is 44.5 Å². The van der Waals surface area contributed by atoms with Gasteiger partial charge in [-0.15, -0.1) is 0 Å². The molecule has 0 aromatic heterocycles. The predicted octanol–water partition coefficient (Wildman–Crippen LogP) is 2.13. The van der Waals surface area contributed by atoms with E-state index in [0.717, 1.165) is 30.8 Å². The van der Waals surface area contributed by atoms with E-state index in [0.29, 0.717) is 13.2 Å². The molecule has 0 saturated heterocycles. The van der Waals surface area contributed by atoms with Gasteiger partial charge in [0, 0.05) is 6.04 Å². The minimum Gasteiger partial charge on any atom is -0.486 e. The number of hydrogen-bond donors (Lipinski definition) is 1. The minimum atomic E-state index is 0.243. The number of nitrogens with two attached hydrogens (primary N) is 1. The van der Waals surface area contributed by atoms with Crippen LogP contribution in [-0.4, -0.2) is 19.3 Å². The maximum atomic E-state index is 6.02. The van der Waals surface area contributed by atoms with Crippen LogP contribution in [0.1, 0.15) is 25.3 Å². The van der Waals surface area contributed by atoms with Crippen molar-refractivity contribution in [2.45, 2.75) is 32.2 Å². The molecule has 0 aliphatic carbocycles. The van der Waals surface area contributed by atoms with Crippen LogP contribution in [0.15, 0.2) is 18.2 Å². The first kappa shape index (κ1) is 11.3. The van der Waals surface area contributed by atoms with E-state index in [1.54, 1.807) is 0 Å². The van der Waals surface area contributed by atoms with Crippen LogP contribution in [0.3, 0.4) is 0 Å². The minimum absolute atomic E-state index is 0.243. The Hall–Kier alpha value is -1.22. The zero-order valence-electron chi connectivity index (χ0n) is 9.74. The summed E-state index contributed by atoms with van der Waals surface area (Å²) in [6.07, 6.45) is 3.10. The molecule has 1 aliphatic rings. The molecular weight excluding hydrogens is 202 g/mol. The Balaban J connectivity index is 2.05. The molecule has 1 aliphatic heterocycles. The van der Waals surface area contributed by atoms with Gasteiger partial charge >= 0.3 is 0 Å². The molecule has 1 heterocycles. The Morgan fingerprint density at radius 1 is 1.25 bits per heavy atom. The maximum Gasteiger partial charge on any atom is 0.161 e. The molecule has 0 spiro atoms. The lowest BCUT2D eigenvalue weighted by Gasteiger charge is -2.19. The Labute approximate surface area is 96.5 Å². The lowest BCUT2D eigenvalue weighted by Crippen LogP contribution is -2.22. The average Bonchev–Trinajstić information content (AvgIpc) is 2.29. The van der Waals surface area contributed by atoms with Gasteiger partial charge < -0.3 is 15.2 Å². The summed E-state index contributed by atoms with van der Waals surface area (Å²) in [5.74, 6) is 1.70. The highest BCUT2D eigenvalue weighted by molar-refractivity contribution is 5.44. The lowest BCUT2D eigenvalue weighted by atomic mass is 10.0. The molecule has 88 valence electrons. The third-order valence-corrected chi connectivity index (χ3v) is 2.76. The molecule has 2 rings (SSSR count). The molecule has 1 atom stereocenters. The fraction of sp³-hybridized carbons (Fsp3) is 0.538. The average molecular weight is 221 g/mol. The molecule has 1 unspecified atom stereocenters. The van der Waals surface area contributed by atoms with E-state index in [-0.39, 0.29) is 6.04 Å². The highest BCUT2D eigenvalue weighted by Crippen LogP contribution is 2.31. The van der Waals surface area contributed by atoms with Crippen molar-refractivity contribution in [3.63, 3.8) is 0 Å². The molecule has 0 saturated carbocycles. The molecule has 1 aromatic carbocycles. The summed E-state index contributed by atoms with van der Waals surface area (Å²) in [5, 5.41) is 0. The first-order valence-electron chi connectivity index (χ1n) is 5.93. The Bertz CT molecular complexity index is 352. The second-order valence-electron chi connectivity index (χ2n) is 4.23. The summed E-state index contributed by atoms with van der Waals surface area (Å²) >= 11 is 0. The largest absolute Gasteiger partial charge is 0.486 e. The highest BCUT2D eigenvalue weighted by atomic mass is 16.6. The zero-order valence-corrected chi connectivity index (χ0v) is 9.74. The van der Waals surface area contributed by atoms with Crippen molar-refractivity contribution in [2.75, 3.05) is 13.2 Å². The summed E-state index contributed by atoms with van der Waals surface area (Å²) < 4.78 is 11.0. The number of benzene rings is 1. The summed E-state index contributed by atoms with van der Waals surface area (Å²) in [6, 6.07) is 6.34. The Morgan fingerprint density at radius 3 is 2.75 bits per heavy atom. The van der Waals surface area contributed by atoms with Crippen molar-refractivity contribution in [3.8, 4) is 11.5 Å². The molecule has 0 radical (unpaired) electrons. The second-order valence-corrected chi connectivity index (χ2v) is 4.23. The first-order valence-corrected chi connectivity index (χ1v) is 5.93. The van der Waals surface area contributed by atoms with Crippen molar-refractivity contribution >= 4 is 0 Å². The first-order chi connectivity index (χ1) is 7.79. The lowest BCUT2D eigenvalue weighted by molar-refractivity contribution is 0.171. The zero-order chi connectivity index (χ0) is 11.4. The van der Waals surface area contributed by atoms with Gasteiger partial charge in [0.05, 0.1) is 0 Å². The summed E-state index contributed by atoms with van der Waals surface area (Å²) in [7, 11) is 0. The van der Waals surface area contributed by atoms with E-state index >= 15 is 0 Å². The van der Waals surface area contributed by atoms with E-state index in [4.69, 9.17) is 15.2 Å². The van der Waals surface area contributed by atoms with Crippen LogP contribution < -0.4 is 15.2 Å². The van der Waals surface area contributed by atoms with Crippen LogP contribution in [0.5, 0.6) is 11.5 Å². The molecule has 16 heavy (non-hydrogen) atoms. The van der Waals surface area contributed by atoms with Gasteiger partial charge in [0.25, 0.3) is 0 Å². The van der Waals surface area contributed by atoms with E-state index in [2.05, 4.69) is 13.0 Å². The van der Waals surface area contributed by atoms with Gasteiger partial charge in [0.1, 0.15) is 13.2 Å². The standard InChI is InChI=1S/C13H19NO2/c1-2-3-11(14)8-10-4-5-12-13(9-10)16-7-6-15-12/h4-5,9,11H,2-3,6-8,14H2,1H3. The van der Waals surface area contributed by atoms with Crippen LogP contribution in [0.25, 0.3) is 0 Å². The van der Waals surface area contributed by atoms with Crippen LogP contribution >= 0.6 is 0 Å². The van der Waals surface area contributed by atoms with Crippen molar-refractivity contribution in [1.29, 1.82) is 0 Å². The molecule has 0 fully saturated rings. The Morgan fingerprint density at radius 2 is 2.00 bits per heavy atom. The molecule has 2 N–H and O–H groups in total. The fourth-order valence-corrected chi connectivity index (χ4v) is 1.99. The van der Waals surface area contributed by atoms with Gasteiger partial charge in [0.15, 0.2) is 11.5 Å². The van der Waals surface area contributed by atoms with Gasteiger partial charge in [-0.2, -0.15) is 0 Å². The number of hydrogen-bond acceptors (Lipinski definition) is 3. The third kappa shape index (κ3) is 2.67. The van der Waals surface area contributed by atoms with Crippen LogP contribution in [-0.2, 0) is 6.42 Å². The third-order valence-electron chi connectivity index (χ3n) is 2.76. The van der Waals surface area contributed by atoms with Crippen molar-refractivity contribution in [2.24, 2.45) is 5.73 Å². The molecule has 0 amide bonds. The van der Waals surface area contributed by atoms with Crippen LogP contribution in [0.4, 0.5) is 0 Å². The van der Waals surface area contributed by atoms with E-state index in [1.807, 2.05) is 12.1 Å². The van der Waals surface area contributed by atoms with Gasteiger partial charge in [-0.05, 0) is 30.5 Å². The Kier molecular flexibility index (Phi) is 3.67. The van der Waals surface area contributed by atoms with Gasteiger partial charge in [-0.3, -0.25) is 0 Å². The predicted molar refractivity (Wildman–Crippen MR) is 64.0 cm³/mol. The molecule has 3 nitrogen and oxygen atoms in total. The second kappa shape index (κ2) is 5.21. The maximum absolute atomic E-state index is 6.02. The van der Waals surface area contributed by atoms with Crippen LogP contribution in [0, 0.1) is 0 Å². The molecule has 1 aromatic rings. The van der Waals surface area contributed by atoms with Crippen molar-refractivity contribution in [3.05, 3.63) is 23.8 Å². The van der Waals surface area contributed by atoms with Gasteiger partial charge in [-0.1, -0.05) is 19.4 Å². The monoisotopic (exact) mass is 221 g/mol. The smallest absolute Gasteiger partial charge is 0.161 e. The quantitative estimate of drug-likeness (QED) is 0.847. The number of fused-ring (bicyclic) bond motifs is 1. The van der Waals surface area contributed by atoms with Gasteiger partial charge in [0.2, 0.25) is 0 Å².